The van der Waals surface area contributed by atoms with Crippen LogP contribution in [0, 0.1) is 0 Å². The molecule has 0 amide bonds. The van der Waals surface area contributed by atoms with Crippen LogP contribution in [0.25, 0.3) is 28.0 Å². The molecule has 0 bridgehead atoms. The molecule has 0 aliphatic rings. The van der Waals surface area contributed by atoms with Crippen LogP contribution in [0.3, 0.4) is 0 Å². The van der Waals surface area contributed by atoms with Crippen LogP contribution in [-0.2, 0) is 10.0 Å². The van der Waals surface area contributed by atoms with Crippen molar-refractivity contribution in [2.45, 2.75) is 42.5 Å². The van der Waals surface area contributed by atoms with Crippen molar-refractivity contribution in [3.8, 4) is 22.8 Å². The van der Waals surface area contributed by atoms with Crippen LogP contribution in [0.2, 0.25) is 0 Å². The third kappa shape index (κ3) is 4.76. The van der Waals surface area contributed by atoms with Crippen molar-refractivity contribution in [1.82, 2.24) is 18.7 Å². The Hall–Kier alpha value is -3.56. The van der Waals surface area contributed by atoms with Crippen molar-refractivity contribution in [2.24, 2.45) is 0 Å². The lowest BCUT2D eigenvalue weighted by Crippen LogP contribution is -2.11. The SMILES string of the molecule is CCOc1ccc(-n2c(SC(C)CC)nnc2-c2cn(S(=O)(=O)c3ccccc3)c3ccccc23)cc1. The lowest BCUT2D eigenvalue weighted by atomic mass is 10.1. The van der Waals surface area contributed by atoms with Gasteiger partial charge in [-0.05, 0) is 55.8 Å². The van der Waals surface area contributed by atoms with E-state index in [1.165, 1.54) is 3.97 Å². The zero-order valence-corrected chi connectivity index (χ0v) is 22.5. The topological polar surface area (TPSA) is 79.0 Å². The fourth-order valence-electron chi connectivity index (χ4n) is 4.11. The van der Waals surface area contributed by atoms with E-state index in [1.54, 1.807) is 48.3 Å². The first-order chi connectivity index (χ1) is 17.9. The molecule has 0 aliphatic heterocycles. The van der Waals surface area contributed by atoms with Crippen molar-refractivity contribution in [1.29, 1.82) is 0 Å². The predicted octanol–water partition coefficient (Wildman–Crippen LogP) is 6.42. The van der Waals surface area contributed by atoms with Gasteiger partial charge in [-0.15, -0.1) is 10.2 Å². The summed E-state index contributed by atoms with van der Waals surface area (Å²) in [5.74, 6) is 1.36. The molecule has 5 aromatic rings. The summed E-state index contributed by atoms with van der Waals surface area (Å²) >= 11 is 1.64. The standard InChI is InChI=1S/C28H28N4O3S2/c1-4-20(3)36-28-30-29-27(32(28)21-15-17-22(18-16-21)35-5-2)25-19-31(26-14-10-9-13-24(25)26)37(33,34)23-11-7-6-8-12-23/h6-20H,4-5H2,1-3H3. The van der Waals surface area contributed by atoms with Crippen LogP contribution in [0.15, 0.2) is 95.1 Å². The number of hydrogen-bond donors (Lipinski definition) is 0. The Morgan fingerprint density at radius 2 is 1.62 bits per heavy atom. The van der Waals surface area contributed by atoms with E-state index in [0.717, 1.165) is 28.4 Å². The van der Waals surface area contributed by atoms with E-state index in [1.807, 2.05) is 60.0 Å². The van der Waals surface area contributed by atoms with Gasteiger partial charge in [-0.1, -0.05) is 62.0 Å². The molecule has 5 rings (SSSR count). The Morgan fingerprint density at radius 3 is 2.32 bits per heavy atom. The summed E-state index contributed by atoms with van der Waals surface area (Å²) < 4.78 is 36.2. The van der Waals surface area contributed by atoms with Crippen molar-refractivity contribution in [3.05, 3.63) is 85.1 Å². The summed E-state index contributed by atoms with van der Waals surface area (Å²) in [5, 5.41) is 11.0. The van der Waals surface area contributed by atoms with E-state index >= 15 is 0 Å². The molecule has 7 nitrogen and oxygen atoms in total. The fourth-order valence-corrected chi connectivity index (χ4v) is 6.41. The average molecular weight is 533 g/mol. The number of ether oxygens (including phenoxy) is 1. The van der Waals surface area contributed by atoms with E-state index in [-0.39, 0.29) is 4.90 Å². The molecule has 3 aromatic carbocycles. The molecule has 37 heavy (non-hydrogen) atoms. The number of benzene rings is 3. The molecule has 0 radical (unpaired) electrons. The summed E-state index contributed by atoms with van der Waals surface area (Å²) in [6.45, 7) is 6.83. The minimum atomic E-state index is -3.82. The second-order valence-corrected chi connectivity index (χ2v) is 11.8. The van der Waals surface area contributed by atoms with Crippen LogP contribution in [0.5, 0.6) is 5.75 Å². The van der Waals surface area contributed by atoms with Crippen LogP contribution >= 0.6 is 11.8 Å². The molecule has 0 N–H and O–H groups in total. The molecule has 9 heteroatoms. The van der Waals surface area contributed by atoms with Gasteiger partial charge in [0.1, 0.15) is 5.75 Å². The van der Waals surface area contributed by atoms with Crippen LogP contribution in [0.4, 0.5) is 0 Å². The number of para-hydroxylation sites is 1. The summed E-state index contributed by atoms with van der Waals surface area (Å²) in [4.78, 5) is 0.225. The third-order valence-corrected chi connectivity index (χ3v) is 9.04. The molecule has 1 atom stereocenters. The lowest BCUT2D eigenvalue weighted by molar-refractivity contribution is 0.340. The van der Waals surface area contributed by atoms with E-state index in [9.17, 15) is 8.42 Å². The maximum absolute atomic E-state index is 13.6. The van der Waals surface area contributed by atoms with E-state index in [2.05, 4.69) is 24.0 Å². The van der Waals surface area contributed by atoms with Gasteiger partial charge in [-0.2, -0.15) is 0 Å². The number of hydrogen-bond acceptors (Lipinski definition) is 6. The Morgan fingerprint density at radius 1 is 0.919 bits per heavy atom. The highest BCUT2D eigenvalue weighted by Crippen LogP contribution is 2.36. The van der Waals surface area contributed by atoms with E-state index in [4.69, 9.17) is 4.74 Å². The molecule has 0 spiro atoms. The Balaban J connectivity index is 1.72. The molecule has 0 saturated carbocycles. The quantitative estimate of drug-likeness (QED) is 0.204. The summed E-state index contributed by atoms with van der Waals surface area (Å²) in [6, 6.07) is 23.7. The summed E-state index contributed by atoms with van der Waals surface area (Å²) in [6.07, 6.45) is 2.63. The van der Waals surface area contributed by atoms with Crippen molar-refractivity contribution in [3.63, 3.8) is 0 Å². The predicted molar refractivity (Wildman–Crippen MR) is 148 cm³/mol. The smallest absolute Gasteiger partial charge is 0.268 e. The lowest BCUT2D eigenvalue weighted by Gasteiger charge is -2.13. The average Bonchev–Trinajstić information content (AvgIpc) is 3.51. The van der Waals surface area contributed by atoms with Gasteiger partial charge in [-0.3, -0.25) is 4.57 Å². The van der Waals surface area contributed by atoms with Crippen molar-refractivity contribution < 1.29 is 13.2 Å². The second-order valence-electron chi connectivity index (χ2n) is 8.58. The minimum Gasteiger partial charge on any atom is -0.494 e. The van der Waals surface area contributed by atoms with Gasteiger partial charge in [0.25, 0.3) is 10.0 Å². The van der Waals surface area contributed by atoms with Crippen LogP contribution in [-0.4, -0.2) is 39.0 Å². The Labute approximate surface area is 221 Å². The molecular formula is C28H28N4O3S2. The zero-order valence-electron chi connectivity index (χ0n) is 20.9. The molecule has 0 fully saturated rings. The first-order valence-electron chi connectivity index (χ1n) is 12.2. The highest BCUT2D eigenvalue weighted by molar-refractivity contribution is 7.99. The highest BCUT2D eigenvalue weighted by Gasteiger charge is 2.25. The normalized spacial score (nSPS) is 12.6. The number of rotatable bonds is 9. The largest absolute Gasteiger partial charge is 0.494 e. The van der Waals surface area contributed by atoms with Crippen LogP contribution < -0.4 is 4.74 Å². The van der Waals surface area contributed by atoms with Gasteiger partial charge in [-0.25, -0.2) is 12.4 Å². The first-order valence-corrected chi connectivity index (χ1v) is 14.5. The maximum Gasteiger partial charge on any atom is 0.268 e. The van der Waals surface area contributed by atoms with Gasteiger partial charge in [0.15, 0.2) is 11.0 Å². The van der Waals surface area contributed by atoms with Gasteiger partial charge in [0, 0.05) is 28.1 Å². The first kappa shape index (κ1) is 25.1. The fraction of sp³-hybridized carbons (Fsp3) is 0.214. The number of aromatic nitrogens is 4. The van der Waals surface area contributed by atoms with Crippen molar-refractivity contribution >= 4 is 32.7 Å². The monoisotopic (exact) mass is 532 g/mol. The highest BCUT2D eigenvalue weighted by atomic mass is 32.2. The van der Waals surface area contributed by atoms with E-state index < -0.39 is 10.0 Å². The van der Waals surface area contributed by atoms with Crippen LogP contribution in [0.1, 0.15) is 27.2 Å². The molecule has 2 heterocycles. The Kier molecular flexibility index (Phi) is 7.08. The zero-order chi connectivity index (χ0) is 26.0. The third-order valence-electron chi connectivity index (χ3n) is 6.14. The summed E-state index contributed by atoms with van der Waals surface area (Å²) in [7, 11) is -3.82. The number of nitrogens with zero attached hydrogens (tertiary/aromatic N) is 4. The molecule has 0 saturated heterocycles. The van der Waals surface area contributed by atoms with Crippen molar-refractivity contribution in [2.75, 3.05) is 6.61 Å². The molecule has 2 aromatic heterocycles. The Bertz CT molecular complexity index is 1630. The minimum absolute atomic E-state index is 0.225. The van der Waals surface area contributed by atoms with Gasteiger partial charge < -0.3 is 4.74 Å². The van der Waals surface area contributed by atoms with Gasteiger partial charge >= 0.3 is 0 Å². The molecule has 1 unspecified atom stereocenters. The molecule has 190 valence electrons. The second kappa shape index (κ2) is 10.4. The number of thioether (sulfide) groups is 1. The van der Waals surface area contributed by atoms with Gasteiger partial charge in [0.05, 0.1) is 17.0 Å². The van der Waals surface area contributed by atoms with Gasteiger partial charge in [0.2, 0.25) is 0 Å². The molecular weight excluding hydrogens is 504 g/mol. The number of fused-ring (bicyclic) bond motifs is 1. The maximum atomic E-state index is 13.6. The summed E-state index contributed by atoms with van der Waals surface area (Å²) in [5.41, 5.74) is 2.14. The molecule has 0 aliphatic carbocycles. The van der Waals surface area contributed by atoms with E-state index in [0.29, 0.717) is 28.8 Å².